The number of hydrogen-bond acceptors (Lipinski definition) is 2. The van der Waals surface area contributed by atoms with Gasteiger partial charge in [0.15, 0.2) is 0 Å². The van der Waals surface area contributed by atoms with Crippen LogP contribution in [0.4, 0.5) is 0 Å². The summed E-state index contributed by atoms with van der Waals surface area (Å²) >= 11 is 0. The molecule has 1 rings (SSSR count). The van der Waals surface area contributed by atoms with Crippen LogP contribution in [0.5, 0.6) is 0 Å². The standard InChI is InChI=1S/C10H17NO3/c1-7(2)10(3,9(13)14)11(6-12)8-4-5-8/h6-8H,4-5H2,1-3H3,(H,13,14). The Balaban J connectivity index is 2.94. The summed E-state index contributed by atoms with van der Waals surface area (Å²) in [4.78, 5) is 23.6. The van der Waals surface area contributed by atoms with E-state index in [4.69, 9.17) is 0 Å². The van der Waals surface area contributed by atoms with Crippen LogP contribution < -0.4 is 0 Å². The second kappa shape index (κ2) is 3.59. The summed E-state index contributed by atoms with van der Waals surface area (Å²) in [5.74, 6) is -1.02. The van der Waals surface area contributed by atoms with Gasteiger partial charge >= 0.3 is 5.97 Å². The molecule has 14 heavy (non-hydrogen) atoms. The van der Waals surface area contributed by atoms with Crippen LogP contribution in [0, 0.1) is 5.92 Å². The van der Waals surface area contributed by atoms with Gasteiger partial charge in [-0.1, -0.05) is 13.8 Å². The summed E-state index contributed by atoms with van der Waals surface area (Å²) in [6.45, 7) is 5.27. The number of aliphatic carboxylic acids is 1. The Labute approximate surface area is 83.9 Å². The Morgan fingerprint density at radius 1 is 1.57 bits per heavy atom. The number of carbonyl (C=O) groups is 2. The van der Waals surface area contributed by atoms with Gasteiger partial charge in [-0.3, -0.25) is 4.79 Å². The largest absolute Gasteiger partial charge is 0.479 e. The van der Waals surface area contributed by atoms with Crippen molar-refractivity contribution in [2.24, 2.45) is 5.92 Å². The van der Waals surface area contributed by atoms with Crippen molar-refractivity contribution in [1.29, 1.82) is 0 Å². The molecule has 1 N–H and O–H groups in total. The van der Waals surface area contributed by atoms with E-state index < -0.39 is 11.5 Å². The molecule has 0 aromatic rings. The highest BCUT2D eigenvalue weighted by molar-refractivity contribution is 5.81. The van der Waals surface area contributed by atoms with Gasteiger partial charge in [-0.25, -0.2) is 4.79 Å². The molecule has 1 atom stereocenters. The third-order valence-corrected chi connectivity index (χ3v) is 3.15. The fraction of sp³-hybridized carbons (Fsp3) is 0.800. The van der Waals surface area contributed by atoms with Crippen LogP contribution in [0.15, 0.2) is 0 Å². The monoisotopic (exact) mass is 199 g/mol. The summed E-state index contributed by atoms with van der Waals surface area (Å²) in [7, 11) is 0. The van der Waals surface area contributed by atoms with Gasteiger partial charge in [0.25, 0.3) is 0 Å². The first kappa shape index (κ1) is 11.0. The molecular formula is C10H17NO3. The number of nitrogens with zero attached hydrogens (tertiary/aromatic N) is 1. The second-order valence-corrected chi connectivity index (χ2v) is 4.35. The van der Waals surface area contributed by atoms with Gasteiger partial charge in [-0.05, 0) is 25.7 Å². The molecule has 0 aromatic carbocycles. The minimum Gasteiger partial charge on any atom is -0.479 e. The molecule has 4 heteroatoms. The SMILES string of the molecule is CC(C)C(C)(C(=O)O)N(C=O)C1CC1. The van der Waals surface area contributed by atoms with E-state index in [0.717, 1.165) is 12.8 Å². The molecule has 0 spiro atoms. The van der Waals surface area contributed by atoms with Crippen LogP contribution in [0.2, 0.25) is 0 Å². The molecule has 0 bridgehead atoms. The number of carboxylic acids is 1. The van der Waals surface area contributed by atoms with E-state index in [9.17, 15) is 14.7 Å². The first-order valence-electron chi connectivity index (χ1n) is 4.91. The molecular weight excluding hydrogens is 182 g/mol. The fourth-order valence-corrected chi connectivity index (χ4v) is 1.58. The average molecular weight is 199 g/mol. The minimum absolute atomic E-state index is 0.0919. The quantitative estimate of drug-likeness (QED) is 0.675. The Morgan fingerprint density at radius 3 is 2.29 bits per heavy atom. The van der Waals surface area contributed by atoms with Crippen LogP contribution >= 0.6 is 0 Å². The van der Waals surface area contributed by atoms with Gasteiger partial charge in [-0.2, -0.15) is 0 Å². The fourth-order valence-electron chi connectivity index (χ4n) is 1.58. The Kier molecular flexibility index (Phi) is 2.83. The highest BCUT2D eigenvalue weighted by Crippen LogP contribution is 2.35. The summed E-state index contributed by atoms with van der Waals surface area (Å²) in [6, 6.07) is 0.135. The van der Waals surface area contributed by atoms with Crippen LogP contribution in [0.1, 0.15) is 33.6 Å². The maximum atomic E-state index is 11.2. The van der Waals surface area contributed by atoms with E-state index in [1.54, 1.807) is 6.92 Å². The lowest BCUT2D eigenvalue weighted by molar-refractivity contribution is -0.158. The third-order valence-electron chi connectivity index (χ3n) is 3.15. The first-order valence-corrected chi connectivity index (χ1v) is 4.91. The Morgan fingerprint density at radius 2 is 2.07 bits per heavy atom. The van der Waals surface area contributed by atoms with Gasteiger partial charge in [0.2, 0.25) is 6.41 Å². The van der Waals surface area contributed by atoms with E-state index in [2.05, 4.69) is 0 Å². The van der Waals surface area contributed by atoms with E-state index in [-0.39, 0.29) is 12.0 Å². The lowest BCUT2D eigenvalue weighted by atomic mass is 9.86. The van der Waals surface area contributed by atoms with E-state index in [0.29, 0.717) is 6.41 Å². The maximum Gasteiger partial charge on any atom is 0.329 e. The predicted molar refractivity (Wildman–Crippen MR) is 51.8 cm³/mol. The van der Waals surface area contributed by atoms with Crippen molar-refractivity contribution in [3.63, 3.8) is 0 Å². The summed E-state index contributed by atoms with van der Waals surface area (Å²) in [5.41, 5.74) is -1.07. The van der Waals surface area contributed by atoms with E-state index in [1.807, 2.05) is 13.8 Å². The zero-order valence-electron chi connectivity index (χ0n) is 8.86. The maximum absolute atomic E-state index is 11.2. The van der Waals surface area contributed by atoms with Crippen molar-refractivity contribution in [2.75, 3.05) is 0 Å². The van der Waals surface area contributed by atoms with Gasteiger partial charge in [0, 0.05) is 6.04 Å². The smallest absolute Gasteiger partial charge is 0.329 e. The zero-order chi connectivity index (χ0) is 10.9. The van der Waals surface area contributed by atoms with Crippen molar-refractivity contribution in [3.8, 4) is 0 Å². The van der Waals surface area contributed by atoms with Crippen LogP contribution in [0.3, 0.4) is 0 Å². The number of hydrogen-bond donors (Lipinski definition) is 1. The number of carbonyl (C=O) groups excluding carboxylic acids is 1. The molecule has 1 saturated carbocycles. The van der Waals surface area contributed by atoms with Crippen molar-refractivity contribution in [1.82, 2.24) is 4.90 Å². The molecule has 0 heterocycles. The molecule has 1 unspecified atom stereocenters. The minimum atomic E-state index is -1.07. The number of carboxylic acid groups (broad SMARTS) is 1. The Hall–Kier alpha value is -1.06. The molecule has 0 aliphatic heterocycles. The van der Waals surface area contributed by atoms with Crippen molar-refractivity contribution < 1.29 is 14.7 Å². The van der Waals surface area contributed by atoms with Gasteiger partial charge in [0.1, 0.15) is 5.54 Å². The average Bonchev–Trinajstić information content (AvgIpc) is 2.88. The third kappa shape index (κ3) is 1.61. The van der Waals surface area contributed by atoms with Gasteiger partial charge in [-0.15, -0.1) is 0 Å². The van der Waals surface area contributed by atoms with Crippen LogP contribution in [-0.4, -0.2) is 34.0 Å². The zero-order valence-corrected chi connectivity index (χ0v) is 8.86. The van der Waals surface area contributed by atoms with Crippen molar-refractivity contribution >= 4 is 12.4 Å². The van der Waals surface area contributed by atoms with Gasteiger partial charge < -0.3 is 10.0 Å². The second-order valence-electron chi connectivity index (χ2n) is 4.35. The lowest BCUT2D eigenvalue weighted by Crippen LogP contribution is -2.56. The molecule has 1 fully saturated rings. The van der Waals surface area contributed by atoms with E-state index in [1.165, 1.54) is 4.90 Å². The number of rotatable bonds is 5. The van der Waals surface area contributed by atoms with Crippen molar-refractivity contribution in [2.45, 2.75) is 45.2 Å². The van der Waals surface area contributed by atoms with Crippen LogP contribution in [-0.2, 0) is 9.59 Å². The van der Waals surface area contributed by atoms with Crippen molar-refractivity contribution in [3.05, 3.63) is 0 Å². The highest BCUT2D eigenvalue weighted by Gasteiger charge is 2.47. The van der Waals surface area contributed by atoms with Gasteiger partial charge in [0.05, 0.1) is 0 Å². The predicted octanol–water partition coefficient (Wildman–Crippen LogP) is 1.11. The molecule has 0 aromatic heterocycles. The summed E-state index contributed by atoms with van der Waals surface area (Å²) in [5, 5.41) is 9.18. The highest BCUT2D eigenvalue weighted by atomic mass is 16.4. The molecule has 80 valence electrons. The topological polar surface area (TPSA) is 57.6 Å². The molecule has 1 aliphatic rings. The molecule has 1 amide bonds. The Bertz CT molecular complexity index is 248. The summed E-state index contributed by atoms with van der Waals surface area (Å²) < 4.78 is 0. The molecule has 0 radical (unpaired) electrons. The lowest BCUT2D eigenvalue weighted by Gasteiger charge is -2.38. The normalized spacial score (nSPS) is 20.3. The molecule has 1 aliphatic carbocycles. The molecule has 0 saturated heterocycles. The number of amides is 1. The van der Waals surface area contributed by atoms with E-state index >= 15 is 0 Å². The van der Waals surface area contributed by atoms with Crippen LogP contribution in [0.25, 0.3) is 0 Å². The summed E-state index contributed by atoms with van der Waals surface area (Å²) in [6.07, 6.45) is 2.52. The first-order chi connectivity index (χ1) is 6.44. The molecule has 4 nitrogen and oxygen atoms in total.